The van der Waals surface area contributed by atoms with Gasteiger partial charge in [0.2, 0.25) is 0 Å². The lowest BCUT2D eigenvalue weighted by molar-refractivity contribution is 0.860. The number of thiazole rings is 2. The molecule has 2 heterocycles. The molecule has 0 saturated heterocycles. The van der Waals surface area contributed by atoms with Crippen LogP contribution in [-0.4, -0.2) is 23.1 Å². The van der Waals surface area contributed by atoms with Crippen LogP contribution in [-0.2, 0) is 0 Å². The second-order valence-corrected chi connectivity index (χ2v) is 6.80. The Labute approximate surface area is 154 Å². The third-order valence-electron chi connectivity index (χ3n) is 3.29. The SMILES string of the molecule is CCN(CC)c1ncc(/C=C/c2ncc(C(C#N)=C(C#N)C#N)s2)s1. The Hall–Kier alpha value is -2.99. The highest BCUT2D eigenvalue weighted by atomic mass is 32.1. The van der Waals surface area contributed by atoms with E-state index in [1.165, 1.54) is 17.5 Å². The van der Waals surface area contributed by atoms with Crippen molar-refractivity contribution in [3.05, 3.63) is 32.7 Å². The summed E-state index contributed by atoms with van der Waals surface area (Å²) >= 11 is 2.86. The van der Waals surface area contributed by atoms with E-state index in [1.807, 2.05) is 24.4 Å². The normalized spacial score (nSPS) is 10.0. The lowest BCUT2D eigenvalue weighted by atomic mass is 10.1. The maximum absolute atomic E-state index is 9.17. The Morgan fingerprint density at radius 1 is 1.04 bits per heavy atom. The molecule has 25 heavy (non-hydrogen) atoms. The highest BCUT2D eigenvalue weighted by Gasteiger charge is 2.12. The van der Waals surface area contributed by atoms with E-state index < -0.39 is 0 Å². The number of hydrogen-bond donors (Lipinski definition) is 0. The van der Waals surface area contributed by atoms with Gasteiger partial charge in [-0.05, 0) is 26.0 Å². The molecule has 0 radical (unpaired) electrons. The maximum atomic E-state index is 9.17. The number of hydrogen-bond acceptors (Lipinski definition) is 8. The molecular weight excluding hydrogens is 352 g/mol. The Morgan fingerprint density at radius 2 is 1.76 bits per heavy atom. The Morgan fingerprint density at radius 3 is 2.36 bits per heavy atom. The van der Waals surface area contributed by atoms with Crippen molar-refractivity contribution in [2.45, 2.75) is 13.8 Å². The first-order chi connectivity index (χ1) is 12.2. The van der Waals surface area contributed by atoms with E-state index in [4.69, 9.17) is 10.5 Å². The molecule has 0 aliphatic heterocycles. The molecule has 0 amide bonds. The Balaban J connectivity index is 2.21. The van der Waals surface area contributed by atoms with Crippen LogP contribution in [0.4, 0.5) is 5.13 Å². The number of allylic oxidation sites excluding steroid dienone is 2. The summed E-state index contributed by atoms with van der Waals surface area (Å²) < 4.78 is 0. The third kappa shape index (κ3) is 4.30. The summed E-state index contributed by atoms with van der Waals surface area (Å²) in [6.07, 6.45) is 7.07. The number of nitriles is 3. The lowest BCUT2D eigenvalue weighted by Gasteiger charge is -2.16. The van der Waals surface area contributed by atoms with Crippen LogP contribution in [0.25, 0.3) is 17.7 Å². The van der Waals surface area contributed by atoms with Crippen LogP contribution in [0.3, 0.4) is 0 Å². The molecule has 124 valence electrons. The molecule has 8 heteroatoms. The predicted octanol–water partition coefficient (Wildman–Crippen LogP) is 3.94. The fourth-order valence-electron chi connectivity index (χ4n) is 2.00. The molecule has 2 rings (SSSR count). The molecule has 0 fully saturated rings. The quantitative estimate of drug-likeness (QED) is 0.718. The van der Waals surface area contributed by atoms with Gasteiger partial charge in [0.25, 0.3) is 0 Å². The minimum Gasteiger partial charge on any atom is -0.349 e. The first-order valence-corrected chi connectivity index (χ1v) is 9.09. The average Bonchev–Trinajstić information content (AvgIpc) is 3.28. The first kappa shape index (κ1) is 18.4. The van der Waals surface area contributed by atoms with Crippen LogP contribution in [0.15, 0.2) is 18.0 Å². The van der Waals surface area contributed by atoms with Crippen LogP contribution in [0, 0.1) is 34.0 Å². The van der Waals surface area contributed by atoms with Gasteiger partial charge in [0.15, 0.2) is 5.13 Å². The van der Waals surface area contributed by atoms with Crippen LogP contribution in [0.2, 0.25) is 0 Å². The summed E-state index contributed by atoms with van der Waals surface area (Å²) in [6, 6.07) is 5.38. The minimum atomic E-state index is -0.201. The molecule has 0 aliphatic carbocycles. The topological polar surface area (TPSA) is 100 Å². The van der Waals surface area contributed by atoms with Gasteiger partial charge in [0.1, 0.15) is 28.8 Å². The molecule has 0 bridgehead atoms. The number of anilines is 1. The van der Waals surface area contributed by atoms with Crippen LogP contribution < -0.4 is 4.90 Å². The molecule has 0 spiro atoms. The zero-order chi connectivity index (χ0) is 18.2. The summed E-state index contributed by atoms with van der Waals surface area (Å²) in [5, 5.41) is 28.7. The summed E-state index contributed by atoms with van der Waals surface area (Å²) in [5.74, 6) is 0. The summed E-state index contributed by atoms with van der Waals surface area (Å²) in [7, 11) is 0. The van der Waals surface area contributed by atoms with E-state index in [9.17, 15) is 5.26 Å². The Bertz CT molecular complexity index is 909. The number of rotatable bonds is 6. The zero-order valence-electron chi connectivity index (χ0n) is 13.7. The lowest BCUT2D eigenvalue weighted by Crippen LogP contribution is -2.21. The van der Waals surface area contributed by atoms with Crippen molar-refractivity contribution in [2.75, 3.05) is 18.0 Å². The van der Waals surface area contributed by atoms with Gasteiger partial charge >= 0.3 is 0 Å². The van der Waals surface area contributed by atoms with Gasteiger partial charge in [-0.25, -0.2) is 9.97 Å². The van der Waals surface area contributed by atoms with Gasteiger partial charge in [-0.2, -0.15) is 15.8 Å². The molecule has 0 N–H and O–H groups in total. The van der Waals surface area contributed by atoms with Crippen molar-refractivity contribution in [1.82, 2.24) is 9.97 Å². The number of aromatic nitrogens is 2. The zero-order valence-corrected chi connectivity index (χ0v) is 15.4. The highest BCUT2D eigenvalue weighted by molar-refractivity contribution is 7.16. The van der Waals surface area contributed by atoms with E-state index >= 15 is 0 Å². The fourth-order valence-corrected chi connectivity index (χ4v) is 3.77. The number of nitrogens with zero attached hydrogens (tertiary/aromatic N) is 6. The van der Waals surface area contributed by atoms with E-state index in [2.05, 4.69) is 28.7 Å². The van der Waals surface area contributed by atoms with Crippen molar-refractivity contribution in [3.63, 3.8) is 0 Å². The van der Waals surface area contributed by atoms with E-state index in [-0.39, 0.29) is 11.1 Å². The van der Waals surface area contributed by atoms with E-state index in [0.717, 1.165) is 23.1 Å². The van der Waals surface area contributed by atoms with E-state index in [0.29, 0.717) is 9.88 Å². The van der Waals surface area contributed by atoms with Crippen LogP contribution >= 0.6 is 22.7 Å². The molecule has 0 unspecified atom stereocenters. The summed E-state index contributed by atoms with van der Waals surface area (Å²) in [6.45, 7) is 6.00. The van der Waals surface area contributed by atoms with Crippen LogP contribution in [0.1, 0.15) is 28.6 Å². The maximum Gasteiger partial charge on any atom is 0.185 e. The molecule has 0 aromatic carbocycles. The van der Waals surface area contributed by atoms with Gasteiger partial charge in [-0.1, -0.05) is 11.3 Å². The highest BCUT2D eigenvalue weighted by Crippen LogP contribution is 2.27. The largest absolute Gasteiger partial charge is 0.349 e. The van der Waals surface area contributed by atoms with Gasteiger partial charge in [0.05, 0.1) is 10.5 Å². The summed E-state index contributed by atoms with van der Waals surface area (Å²) in [5.41, 5.74) is -0.142. The molecule has 2 aromatic rings. The monoisotopic (exact) mass is 366 g/mol. The van der Waals surface area contributed by atoms with Crippen molar-refractivity contribution in [3.8, 4) is 18.2 Å². The van der Waals surface area contributed by atoms with Crippen LogP contribution in [0.5, 0.6) is 0 Å². The molecule has 0 aliphatic rings. The van der Waals surface area contributed by atoms with Gasteiger partial charge in [-0.3, -0.25) is 0 Å². The average molecular weight is 366 g/mol. The molecule has 0 atom stereocenters. The van der Waals surface area contributed by atoms with Gasteiger partial charge < -0.3 is 4.90 Å². The van der Waals surface area contributed by atoms with Crippen molar-refractivity contribution in [1.29, 1.82) is 15.8 Å². The second kappa shape index (κ2) is 8.75. The molecule has 6 nitrogen and oxygen atoms in total. The van der Waals surface area contributed by atoms with Crippen molar-refractivity contribution in [2.24, 2.45) is 0 Å². The molecule has 0 saturated carbocycles. The Kier molecular flexibility index (Phi) is 6.42. The molecular formula is C17H14N6S2. The van der Waals surface area contributed by atoms with Crippen molar-refractivity contribution < 1.29 is 0 Å². The minimum absolute atomic E-state index is 0.0590. The third-order valence-corrected chi connectivity index (χ3v) is 5.29. The van der Waals surface area contributed by atoms with Gasteiger partial charge in [-0.15, -0.1) is 11.3 Å². The van der Waals surface area contributed by atoms with Gasteiger partial charge in [0, 0.05) is 30.4 Å². The second-order valence-electron chi connectivity index (χ2n) is 4.70. The smallest absolute Gasteiger partial charge is 0.185 e. The summed E-state index contributed by atoms with van der Waals surface area (Å²) in [4.78, 5) is 12.3. The first-order valence-electron chi connectivity index (χ1n) is 7.46. The van der Waals surface area contributed by atoms with Crippen molar-refractivity contribution >= 4 is 45.5 Å². The molecule has 2 aromatic heterocycles. The standard InChI is InChI=1S/C17H14N6S2/c1-3-23(4-2)17-22-10-13(24-17)5-6-16-21-11-15(25-16)14(9-20)12(7-18)8-19/h5-6,10-11H,3-4H2,1-2H3/b6-5+. The van der Waals surface area contributed by atoms with E-state index in [1.54, 1.807) is 23.5 Å². The predicted molar refractivity (Wildman–Crippen MR) is 100 cm³/mol. The fraction of sp³-hybridized carbons (Fsp3) is 0.235.